The van der Waals surface area contributed by atoms with Gasteiger partial charge in [-0.25, -0.2) is 19.2 Å². The van der Waals surface area contributed by atoms with Crippen molar-refractivity contribution < 1.29 is 33.0 Å². The minimum atomic E-state index is -0.526. The van der Waals surface area contributed by atoms with Gasteiger partial charge in [0.05, 0.1) is 12.7 Å². The molecule has 4 aliphatic rings. The first-order chi connectivity index (χ1) is 18.9. The highest BCUT2D eigenvalue weighted by Gasteiger charge is 2.34. The van der Waals surface area contributed by atoms with Crippen molar-refractivity contribution in [3.8, 4) is 11.6 Å². The second-order valence-corrected chi connectivity index (χ2v) is 10.3. The van der Waals surface area contributed by atoms with E-state index in [1.807, 2.05) is 6.07 Å². The van der Waals surface area contributed by atoms with E-state index in [4.69, 9.17) is 14.2 Å². The van der Waals surface area contributed by atoms with E-state index in [9.17, 15) is 18.8 Å². The second kappa shape index (κ2) is 10.6. The summed E-state index contributed by atoms with van der Waals surface area (Å²) in [6.07, 6.45) is 4.49. The molecule has 0 bridgehead atoms. The van der Waals surface area contributed by atoms with Crippen molar-refractivity contribution in [1.29, 1.82) is 0 Å². The van der Waals surface area contributed by atoms with Gasteiger partial charge in [-0.05, 0) is 68.3 Å². The Morgan fingerprint density at radius 3 is 2.97 bits per heavy atom. The zero-order chi connectivity index (χ0) is 26.9. The molecule has 3 N–H and O–H groups in total. The summed E-state index contributed by atoms with van der Waals surface area (Å²) >= 11 is 0. The summed E-state index contributed by atoms with van der Waals surface area (Å²) < 4.78 is 30.9. The van der Waals surface area contributed by atoms with Gasteiger partial charge in [-0.15, -0.1) is 0 Å². The van der Waals surface area contributed by atoms with Crippen molar-refractivity contribution in [1.82, 2.24) is 20.6 Å². The van der Waals surface area contributed by atoms with Crippen LogP contribution < -0.4 is 30.3 Å². The molecule has 2 aliphatic carbocycles. The third-order valence-electron chi connectivity index (χ3n) is 7.13. The van der Waals surface area contributed by atoms with Crippen LogP contribution in [0.15, 0.2) is 18.3 Å². The van der Waals surface area contributed by atoms with E-state index >= 15 is 0 Å². The van der Waals surface area contributed by atoms with Crippen molar-refractivity contribution >= 4 is 29.5 Å². The molecule has 1 saturated heterocycles. The topological polar surface area (TPSA) is 144 Å². The molecule has 39 heavy (non-hydrogen) atoms. The lowest BCUT2D eigenvalue weighted by Gasteiger charge is -2.18. The van der Waals surface area contributed by atoms with Gasteiger partial charge in [0.2, 0.25) is 0 Å². The van der Waals surface area contributed by atoms with Crippen molar-refractivity contribution in [2.24, 2.45) is 5.92 Å². The molecule has 1 aromatic heterocycles. The fraction of sp³-hybridized carbons (Fsp3) is 0.500. The standard InChI is InChI=1S/C26H29FN6O6/c27-20-8-18(37-12-22(34)30-16-1-2-16)7-15-5-14(6-19(15)20)9-28-4-3-17-11-33(26(36)39-17)21-10-29-25-24(31-21)32-23(35)13-38-25/h7-8,10,14,16-17,28H,1-6,9,11-13H2,(H,30,34)(H,31,32,35). The number of carbonyl (C=O) groups is 3. The highest BCUT2D eigenvalue weighted by molar-refractivity contribution is 5.94. The summed E-state index contributed by atoms with van der Waals surface area (Å²) in [6.45, 7) is 1.37. The number of benzene rings is 1. The van der Waals surface area contributed by atoms with Crippen LogP contribution in [0.5, 0.6) is 11.6 Å². The maximum absolute atomic E-state index is 14.7. The number of aromatic nitrogens is 2. The number of nitrogens with one attached hydrogen (secondary N) is 3. The summed E-state index contributed by atoms with van der Waals surface area (Å²) in [6, 6.07) is 3.44. The Hall–Kier alpha value is -4.00. The maximum Gasteiger partial charge on any atom is 0.415 e. The molecule has 3 heterocycles. The number of nitrogens with zero attached hydrogens (tertiary/aromatic N) is 3. The number of carbonyl (C=O) groups excluding carboxylic acids is 3. The Kier molecular flexibility index (Phi) is 6.90. The summed E-state index contributed by atoms with van der Waals surface area (Å²) in [5.74, 6) is 0.437. The van der Waals surface area contributed by atoms with Gasteiger partial charge in [0, 0.05) is 12.1 Å². The average Bonchev–Trinajstić information content (AvgIpc) is 3.50. The lowest BCUT2D eigenvalue weighted by Crippen LogP contribution is -2.30. The molecule has 2 aromatic rings. The van der Waals surface area contributed by atoms with Crippen LogP contribution in [0.4, 0.5) is 20.8 Å². The Balaban J connectivity index is 0.945. The first-order valence-corrected chi connectivity index (χ1v) is 13.1. The number of fused-ring (bicyclic) bond motifs is 2. The summed E-state index contributed by atoms with van der Waals surface area (Å²) in [4.78, 5) is 45.6. The molecule has 3 amide bonds. The van der Waals surface area contributed by atoms with Gasteiger partial charge in [-0.3, -0.25) is 14.5 Å². The molecule has 2 aliphatic heterocycles. The number of halogens is 1. The molecule has 0 radical (unpaired) electrons. The molecule has 2 atom stereocenters. The molecule has 2 fully saturated rings. The van der Waals surface area contributed by atoms with E-state index < -0.39 is 6.09 Å². The minimum absolute atomic E-state index is 0.118. The van der Waals surface area contributed by atoms with Gasteiger partial charge in [-0.2, -0.15) is 0 Å². The Morgan fingerprint density at radius 2 is 2.13 bits per heavy atom. The van der Waals surface area contributed by atoms with E-state index in [1.165, 1.54) is 17.2 Å². The number of amides is 3. The van der Waals surface area contributed by atoms with Gasteiger partial charge >= 0.3 is 6.09 Å². The zero-order valence-corrected chi connectivity index (χ0v) is 21.2. The van der Waals surface area contributed by atoms with Crippen LogP contribution in [0.2, 0.25) is 0 Å². The quantitative estimate of drug-likeness (QED) is 0.380. The van der Waals surface area contributed by atoms with Crippen molar-refractivity contribution in [2.45, 2.75) is 44.2 Å². The smallest absolute Gasteiger partial charge is 0.415 e. The third-order valence-corrected chi connectivity index (χ3v) is 7.13. The van der Waals surface area contributed by atoms with Gasteiger partial charge in [0.15, 0.2) is 24.8 Å². The Bertz CT molecular complexity index is 1300. The molecule has 1 aromatic carbocycles. The summed E-state index contributed by atoms with van der Waals surface area (Å²) in [5.41, 5.74) is 1.61. The van der Waals surface area contributed by atoms with Gasteiger partial charge in [-0.1, -0.05) is 0 Å². The van der Waals surface area contributed by atoms with Crippen LogP contribution in [-0.2, 0) is 27.2 Å². The van der Waals surface area contributed by atoms with Crippen LogP contribution in [0.25, 0.3) is 0 Å². The zero-order valence-electron chi connectivity index (χ0n) is 21.2. The lowest BCUT2D eigenvalue weighted by molar-refractivity contribution is -0.123. The van der Waals surface area contributed by atoms with Crippen LogP contribution in [0.3, 0.4) is 0 Å². The monoisotopic (exact) mass is 540 g/mol. The van der Waals surface area contributed by atoms with Crippen LogP contribution in [-0.4, -0.2) is 72.9 Å². The van der Waals surface area contributed by atoms with Crippen molar-refractivity contribution in [2.75, 3.05) is 43.1 Å². The molecular weight excluding hydrogens is 511 g/mol. The Morgan fingerprint density at radius 1 is 1.26 bits per heavy atom. The second-order valence-electron chi connectivity index (χ2n) is 10.3. The third kappa shape index (κ3) is 5.87. The number of rotatable bonds is 10. The van der Waals surface area contributed by atoms with E-state index in [2.05, 4.69) is 25.9 Å². The molecule has 2 unspecified atom stereocenters. The number of ether oxygens (including phenoxy) is 3. The molecule has 206 valence electrons. The molecule has 12 nitrogen and oxygen atoms in total. The van der Waals surface area contributed by atoms with Crippen molar-refractivity contribution in [3.63, 3.8) is 0 Å². The van der Waals surface area contributed by atoms with Crippen LogP contribution in [0, 0.1) is 11.7 Å². The van der Waals surface area contributed by atoms with E-state index in [0.717, 1.165) is 18.4 Å². The molecule has 1 saturated carbocycles. The highest BCUT2D eigenvalue weighted by Crippen LogP contribution is 2.32. The van der Waals surface area contributed by atoms with E-state index in [-0.39, 0.29) is 66.4 Å². The van der Waals surface area contributed by atoms with E-state index in [0.29, 0.717) is 50.2 Å². The normalized spacial score (nSPS) is 21.5. The largest absolute Gasteiger partial charge is 0.484 e. The SMILES string of the molecule is O=C1COc2ncc(N3CC(CCNCC4Cc5cc(OCC(=O)NC6CC6)cc(F)c5C4)OC3=O)nc2N1. The molecule has 6 rings (SSSR count). The fourth-order valence-corrected chi connectivity index (χ4v) is 5.04. The summed E-state index contributed by atoms with van der Waals surface area (Å²) in [5, 5.41) is 8.82. The Labute approximate surface area is 223 Å². The first-order valence-electron chi connectivity index (χ1n) is 13.1. The summed E-state index contributed by atoms with van der Waals surface area (Å²) in [7, 11) is 0. The predicted molar refractivity (Wildman–Crippen MR) is 135 cm³/mol. The first kappa shape index (κ1) is 25.3. The number of anilines is 2. The average molecular weight is 541 g/mol. The van der Waals surface area contributed by atoms with Gasteiger partial charge in [0.25, 0.3) is 17.7 Å². The van der Waals surface area contributed by atoms with Gasteiger partial charge in [0.1, 0.15) is 17.7 Å². The maximum atomic E-state index is 14.7. The molecular formula is C26H29FN6O6. The predicted octanol–water partition coefficient (Wildman–Crippen LogP) is 1.32. The van der Waals surface area contributed by atoms with Crippen LogP contribution >= 0.6 is 0 Å². The highest BCUT2D eigenvalue weighted by atomic mass is 19.1. The van der Waals surface area contributed by atoms with Gasteiger partial charge < -0.3 is 30.2 Å². The van der Waals surface area contributed by atoms with E-state index in [1.54, 1.807) is 0 Å². The number of cyclic esters (lactones) is 1. The molecule has 13 heteroatoms. The van der Waals surface area contributed by atoms with Crippen LogP contribution in [0.1, 0.15) is 30.4 Å². The molecule has 0 spiro atoms. The van der Waals surface area contributed by atoms with Crippen molar-refractivity contribution in [3.05, 3.63) is 35.3 Å². The lowest BCUT2D eigenvalue weighted by atomic mass is 10.1. The minimum Gasteiger partial charge on any atom is -0.484 e. The fourth-order valence-electron chi connectivity index (χ4n) is 5.04. The number of hydrogen-bond acceptors (Lipinski definition) is 9. The number of hydrogen-bond donors (Lipinski definition) is 3.